The van der Waals surface area contributed by atoms with E-state index in [-0.39, 0.29) is 6.42 Å². The Bertz CT molecular complexity index is 1050. The van der Waals surface area contributed by atoms with E-state index in [9.17, 15) is 4.79 Å². The summed E-state index contributed by atoms with van der Waals surface area (Å²) in [4.78, 5) is 21.9. The number of hydrogen-bond acceptors (Lipinski definition) is 7. The number of carboxylic acids is 1. The van der Waals surface area contributed by atoms with Crippen molar-refractivity contribution in [3.05, 3.63) is 39.9 Å². The Morgan fingerprint density at radius 2 is 2.26 bits per heavy atom. The number of thiophene rings is 1. The standard InChI is InChI=1S/C19H20N4O3S/c1-10(14-8-12(26-11(14)2)6-7-16(24)25)22-23-18-17-13-4-3-5-15(13)27-19(17)21-9-20-18/h8-9H,3-7H2,1-2H3,(H,24,25)(H,20,21,23)/b22-10-. The van der Waals surface area contributed by atoms with Crippen molar-refractivity contribution < 1.29 is 14.3 Å². The number of nitrogens with one attached hydrogen (secondary N) is 1. The predicted octanol–water partition coefficient (Wildman–Crippen LogP) is 3.93. The second-order valence-corrected chi connectivity index (χ2v) is 7.73. The molecule has 1 aliphatic rings. The second kappa shape index (κ2) is 7.11. The molecule has 0 atom stereocenters. The second-order valence-electron chi connectivity index (χ2n) is 6.65. The molecule has 3 aromatic heterocycles. The minimum atomic E-state index is -0.839. The largest absolute Gasteiger partial charge is 0.481 e. The minimum Gasteiger partial charge on any atom is -0.481 e. The summed E-state index contributed by atoms with van der Waals surface area (Å²) in [6.07, 6.45) is 5.34. The molecule has 140 valence electrons. The maximum absolute atomic E-state index is 10.7. The molecule has 0 saturated carbocycles. The van der Waals surface area contributed by atoms with Crippen LogP contribution in [0.25, 0.3) is 10.2 Å². The zero-order valence-corrected chi connectivity index (χ0v) is 16.0. The number of hydrazone groups is 1. The number of fused-ring (bicyclic) bond motifs is 3. The van der Waals surface area contributed by atoms with E-state index < -0.39 is 5.97 Å². The van der Waals surface area contributed by atoms with Crippen molar-refractivity contribution in [2.24, 2.45) is 5.10 Å². The first kappa shape index (κ1) is 17.7. The lowest BCUT2D eigenvalue weighted by atomic mass is 10.1. The van der Waals surface area contributed by atoms with Gasteiger partial charge >= 0.3 is 5.97 Å². The molecule has 3 heterocycles. The summed E-state index contributed by atoms with van der Waals surface area (Å²) in [5.41, 5.74) is 6.07. The van der Waals surface area contributed by atoms with Crippen LogP contribution in [0.15, 0.2) is 21.9 Å². The molecule has 7 nitrogen and oxygen atoms in total. The van der Waals surface area contributed by atoms with Crippen LogP contribution in [0.2, 0.25) is 0 Å². The Morgan fingerprint density at radius 3 is 3.07 bits per heavy atom. The summed E-state index contributed by atoms with van der Waals surface area (Å²) in [5, 5.41) is 14.4. The van der Waals surface area contributed by atoms with Crippen LogP contribution in [-0.4, -0.2) is 26.8 Å². The highest BCUT2D eigenvalue weighted by Gasteiger charge is 2.21. The van der Waals surface area contributed by atoms with Gasteiger partial charge in [-0.25, -0.2) is 9.97 Å². The van der Waals surface area contributed by atoms with Gasteiger partial charge in [-0.3, -0.25) is 10.2 Å². The van der Waals surface area contributed by atoms with Gasteiger partial charge in [-0.05, 0) is 44.7 Å². The van der Waals surface area contributed by atoms with Crippen molar-refractivity contribution in [3.63, 3.8) is 0 Å². The minimum absolute atomic E-state index is 0.0447. The van der Waals surface area contributed by atoms with Gasteiger partial charge in [0.05, 0.1) is 17.5 Å². The molecule has 0 amide bonds. The van der Waals surface area contributed by atoms with Gasteiger partial charge < -0.3 is 9.52 Å². The normalized spacial score (nSPS) is 13.9. The van der Waals surface area contributed by atoms with E-state index in [0.29, 0.717) is 12.2 Å². The Balaban J connectivity index is 1.58. The van der Waals surface area contributed by atoms with Crippen molar-refractivity contribution in [3.8, 4) is 0 Å². The molecular formula is C19H20N4O3S. The van der Waals surface area contributed by atoms with Crippen LogP contribution < -0.4 is 5.43 Å². The fraction of sp³-hybridized carbons (Fsp3) is 0.368. The lowest BCUT2D eigenvalue weighted by Crippen LogP contribution is -2.02. The number of anilines is 1. The molecule has 27 heavy (non-hydrogen) atoms. The Kier molecular flexibility index (Phi) is 4.65. The summed E-state index contributed by atoms with van der Waals surface area (Å²) in [6, 6.07) is 1.86. The zero-order valence-electron chi connectivity index (χ0n) is 15.2. The monoisotopic (exact) mass is 384 g/mol. The summed E-state index contributed by atoms with van der Waals surface area (Å²) in [6.45, 7) is 3.75. The third kappa shape index (κ3) is 3.44. The molecule has 0 aliphatic heterocycles. The highest BCUT2D eigenvalue weighted by molar-refractivity contribution is 7.19. The van der Waals surface area contributed by atoms with E-state index >= 15 is 0 Å². The number of hydrogen-bond donors (Lipinski definition) is 2. The van der Waals surface area contributed by atoms with E-state index in [2.05, 4.69) is 20.5 Å². The molecule has 4 rings (SSSR count). The van der Waals surface area contributed by atoms with Crippen molar-refractivity contribution in [1.29, 1.82) is 0 Å². The molecule has 3 aromatic rings. The molecule has 1 aliphatic carbocycles. The van der Waals surface area contributed by atoms with Crippen LogP contribution in [0, 0.1) is 6.92 Å². The molecule has 0 fully saturated rings. The average molecular weight is 384 g/mol. The van der Waals surface area contributed by atoms with Crippen LogP contribution in [0.5, 0.6) is 0 Å². The van der Waals surface area contributed by atoms with E-state index in [0.717, 1.165) is 45.9 Å². The van der Waals surface area contributed by atoms with Crippen molar-refractivity contribution >= 4 is 39.1 Å². The smallest absolute Gasteiger partial charge is 0.303 e. The van der Waals surface area contributed by atoms with Crippen molar-refractivity contribution in [2.45, 2.75) is 46.0 Å². The number of carboxylic acid groups (broad SMARTS) is 1. The first-order valence-corrected chi connectivity index (χ1v) is 9.71. The molecule has 8 heteroatoms. The number of aromatic nitrogens is 2. The third-order valence-electron chi connectivity index (χ3n) is 4.77. The number of nitrogens with zero attached hydrogens (tertiary/aromatic N) is 3. The first-order chi connectivity index (χ1) is 13.0. The Hall–Kier alpha value is -2.74. The fourth-order valence-electron chi connectivity index (χ4n) is 3.47. The molecule has 0 bridgehead atoms. The van der Waals surface area contributed by atoms with Crippen LogP contribution in [0.1, 0.15) is 47.3 Å². The van der Waals surface area contributed by atoms with E-state index in [4.69, 9.17) is 9.52 Å². The van der Waals surface area contributed by atoms with Gasteiger partial charge in [0.15, 0.2) is 5.82 Å². The number of aryl methyl sites for hydroxylation is 4. The molecule has 0 unspecified atom stereocenters. The Labute approximate surface area is 160 Å². The summed E-state index contributed by atoms with van der Waals surface area (Å²) < 4.78 is 5.66. The third-order valence-corrected chi connectivity index (χ3v) is 5.97. The van der Waals surface area contributed by atoms with Gasteiger partial charge in [0.25, 0.3) is 0 Å². The van der Waals surface area contributed by atoms with Gasteiger partial charge in [0.1, 0.15) is 22.7 Å². The fourth-order valence-corrected chi connectivity index (χ4v) is 4.70. The average Bonchev–Trinajstić information content (AvgIpc) is 3.31. The van der Waals surface area contributed by atoms with Gasteiger partial charge in [-0.15, -0.1) is 11.3 Å². The van der Waals surface area contributed by atoms with Gasteiger partial charge in [-0.1, -0.05) is 0 Å². The van der Waals surface area contributed by atoms with Crippen molar-refractivity contribution in [1.82, 2.24) is 9.97 Å². The highest BCUT2D eigenvalue weighted by Crippen LogP contribution is 2.39. The van der Waals surface area contributed by atoms with Crippen molar-refractivity contribution in [2.75, 3.05) is 5.43 Å². The molecule has 0 radical (unpaired) electrons. The molecular weight excluding hydrogens is 364 g/mol. The quantitative estimate of drug-likeness (QED) is 0.493. The lowest BCUT2D eigenvalue weighted by molar-refractivity contribution is -0.137. The molecule has 0 saturated heterocycles. The predicted molar refractivity (Wildman–Crippen MR) is 105 cm³/mol. The SMILES string of the molecule is C/C(=N/Nc1ncnc2sc3c(c12)CCC3)c1cc(CCC(=O)O)oc1C. The topological polar surface area (TPSA) is 101 Å². The lowest BCUT2D eigenvalue weighted by Gasteiger charge is -2.04. The maximum atomic E-state index is 10.7. The number of rotatable bonds is 6. The molecule has 0 aromatic carbocycles. The first-order valence-electron chi connectivity index (χ1n) is 8.90. The number of carbonyl (C=O) groups is 1. The van der Waals surface area contributed by atoms with Gasteiger partial charge in [0.2, 0.25) is 0 Å². The van der Waals surface area contributed by atoms with E-state index in [1.807, 2.05) is 19.9 Å². The summed E-state index contributed by atoms with van der Waals surface area (Å²) in [5.74, 6) is 1.27. The van der Waals surface area contributed by atoms with E-state index in [1.165, 1.54) is 16.9 Å². The number of aliphatic carboxylic acids is 1. The van der Waals surface area contributed by atoms with E-state index in [1.54, 1.807) is 17.7 Å². The van der Waals surface area contributed by atoms with Crippen LogP contribution >= 0.6 is 11.3 Å². The maximum Gasteiger partial charge on any atom is 0.303 e. The highest BCUT2D eigenvalue weighted by atomic mass is 32.1. The zero-order chi connectivity index (χ0) is 19.0. The molecule has 0 spiro atoms. The van der Waals surface area contributed by atoms with Crippen LogP contribution in [0.4, 0.5) is 5.82 Å². The van der Waals surface area contributed by atoms with Gasteiger partial charge in [-0.2, -0.15) is 5.10 Å². The molecule has 2 N–H and O–H groups in total. The van der Waals surface area contributed by atoms with Crippen LogP contribution in [-0.2, 0) is 24.1 Å². The summed E-state index contributed by atoms with van der Waals surface area (Å²) >= 11 is 1.74. The van der Waals surface area contributed by atoms with Crippen LogP contribution in [0.3, 0.4) is 0 Å². The van der Waals surface area contributed by atoms with Gasteiger partial charge in [0, 0.05) is 16.9 Å². The number of furan rings is 1. The summed E-state index contributed by atoms with van der Waals surface area (Å²) in [7, 11) is 0. The Morgan fingerprint density at radius 1 is 1.41 bits per heavy atom.